The Morgan fingerprint density at radius 3 is 2.54 bits per heavy atom. The smallest absolute Gasteiger partial charge is 0.437 e. The Hall–Kier alpha value is -3.69. The number of carboxylic acids is 1. The first kappa shape index (κ1) is 24.4. The van der Waals surface area contributed by atoms with Crippen molar-refractivity contribution in [3.05, 3.63) is 53.9 Å². The van der Waals surface area contributed by atoms with Crippen LogP contribution in [-0.2, 0) is 23.9 Å². The molecule has 0 aliphatic carbocycles. The van der Waals surface area contributed by atoms with E-state index in [2.05, 4.69) is 5.16 Å². The number of hydrogen-bond acceptors (Lipinski definition) is 5. The van der Waals surface area contributed by atoms with Crippen molar-refractivity contribution in [1.82, 2.24) is 9.72 Å². The maximum Gasteiger partial charge on any atom is 0.437 e. The summed E-state index contributed by atoms with van der Waals surface area (Å²) in [6.07, 6.45) is -1.71. The van der Waals surface area contributed by atoms with Crippen molar-refractivity contribution in [2.24, 2.45) is 5.92 Å². The van der Waals surface area contributed by atoms with Crippen LogP contribution in [0.25, 0.3) is 21.9 Å². The molecule has 0 spiro atoms. The quantitative estimate of drug-likeness (QED) is 0.296. The van der Waals surface area contributed by atoms with Gasteiger partial charge in [-0.25, -0.2) is 0 Å². The topological polar surface area (TPSA) is 86.7 Å². The van der Waals surface area contributed by atoms with Crippen molar-refractivity contribution in [2.45, 2.75) is 39.4 Å². The van der Waals surface area contributed by atoms with E-state index in [1.54, 1.807) is 16.8 Å². The van der Waals surface area contributed by atoms with Crippen LogP contribution in [0.4, 0.5) is 13.2 Å². The molecule has 4 aromatic rings. The lowest BCUT2D eigenvalue weighted by Crippen LogP contribution is -2.17. The molecule has 1 atom stereocenters. The first-order valence-electron chi connectivity index (χ1n) is 11.2. The van der Waals surface area contributed by atoms with Crippen molar-refractivity contribution in [3.63, 3.8) is 0 Å². The van der Waals surface area contributed by atoms with Crippen LogP contribution in [0.5, 0.6) is 11.5 Å². The second-order valence-corrected chi connectivity index (χ2v) is 8.45. The maximum atomic E-state index is 13.2. The zero-order valence-corrected chi connectivity index (χ0v) is 19.3. The van der Waals surface area contributed by atoms with E-state index in [0.717, 1.165) is 10.9 Å². The van der Waals surface area contributed by atoms with Gasteiger partial charge in [0.2, 0.25) is 0 Å². The fourth-order valence-electron chi connectivity index (χ4n) is 3.98. The van der Waals surface area contributed by atoms with Gasteiger partial charge in [0.15, 0.2) is 11.3 Å². The number of carboxylic acid groups (broad SMARTS) is 1. The zero-order chi connectivity index (χ0) is 25.2. The van der Waals surface area contributed by atoms with Crippen LogP contribution >= 0.6 is 0 Å². The summed E-state index contributed by atoms with van der Waals surface area (Å²) < 4.78 is 58.3. The number of hydrogen-bond donors (Lipinski definition) is 1. The Bertz CT molecular complexity index is 1340. The average Bonchev–Trinajstić information content (AvgIpc) is 3.42. The molecule has 0 aliphatic rings. The molecule has 0 aliphatic heterocycles. The molecule has 0 bridgehead atoms. The van der Waals surface area contributed by atoms with E-state index in [1.807, 2.05) is 32.0 Å². The maximum absolute atomic E-state index is 13.2. The van der Waals surface area contributed by atoms with Crippen LogP contribution in [0.15, 0.2) is 47.1 Å². The van der Waals surface area contributed by atoms with E-state index in [1.165, 1.54) is 12.1 Å². The molecule has 7 nitrogen and oxygen atoms in total. The predicted octanol–water partition coefficient (Wildman–Crippen LogP) is 5.93. The molecule has 0 saturated heterocycles. The van der Waals surface area contributed by atoms with Gasteiger partial charge in [-0.2, -0.15) is 13.2 Å². The van der Waals surface area contributed by atoms with Crippen LogP contribution in [0, 0.1) is 5.92 Å². The zero-order valence-electron chi connectivity index (χ0n) is 19.3. The summed E-state index contributed by atoms with van der Waals surface area (Å²) in [6.45, 7) is 4.32. The van der Waals surface area contributed by atoms with E-state index >= 15 is 0 Å². The van der Waals surface area contributed by atoms with Crippen LogP contribution in [0.3, 0.4) is 0 Å². The van der Waals surface area contributed by atoms with Crippen LogP contribution in [0.1, 0.15) is 31.5 Å². The van der Waals surface area contributed by atoms with Gasteiger partial charge in [0.25, 0.3) is 0 Å². The number of halogens is 3. The van der Waals surface area contributed by atoms with Gasteiger partial charge in [-0.3, -0.25) is 4.79 Å². The minimum Gasteiger partial charge on any atom is -0.493 e. The minimum absolute atomic E-state index is 0.0444. The number of rotatable bonds is 10. The number of aromatic nitrogens is 2. The number of nitrogens with zero attached hydrogens (tertiary/aromatic N) is 2. The molecule has 4 rings (SSSR count). The molecular weight excluding hydrogens is 465 g/mol. The Morgan fingerprint density at radius 2 is 1.86 bits per heavy atom. The summed E-state index contributed by atoms with van der Waals surface area (Å²) in [5.74, 6) is 0.119. The second-order valence-electron chi connectivity index (χ2n) is 8.45. The van der Waals surface area contributed by atoms with Crippen molar-refractivity contribution >= 4 is 27.8 Å². The molecular formula is C25H25F3N2O5. The highest BCUT2D eigenvalue weighted by Gasteiger charge is 2.37. The number of alkyl halides is 3. The molecule has 35 heavy (non-hydrogen) atoms. The lowest BCUT2D eigenvalue weighted by atomic mass is 10.0. The molecule has 2 heterocycles. The standard InChI is InChI=1S/C25H25F3N2O5/c1-3-5-17-21(9-8-18-23(17)35-29-24(18)25(26,27)28)34-14-15(2)13-33-20-7-4-6-19-16(20)10-11-30(19)12-22(31)32/h4,6-11,15H,3,5,12-14H2,1-2H3,(H,31,32). The summed E-state index contributed by atoms with van der Waals surface area (Å²) in [5, 5.41) is 13.0. The fraction of sp³-hybridized carbons (Fsp3) is 0.360. The number of aryl methyl sites for hydroxylation is 1. The summed E-state index contributed by atoms with van der Waals surface area (Å²) in [5.41, 5.74) is 0.380. The Morgan fingerprint density at radius 1 is 1.11 bits per heavy atom. The molecule has 1 N–H and O–H groups in total. The molecule has 1 unspecified atom stereocenters. The van der Waals surface area contributed by atoms with E-state index in [0.29, 0.717) is 36.5 Å². The van der Waals surface area contributed by atoms with Gasteiger partial charge in [-0.1, -0.05) is 31.5 Å². The van der Waals surface area contributed by atoms with Crippen molar-refractivity contribution in [3.8, 4) is 11.5 Å². The van der Waals surface area contributed by atoms with Crippen molar-refractivity contribution in [2.75, 3.05) is 13.2 Å². The van der Waals surface area contributed by atoms with E-state index in [4.69, 9.17) is 19.1 Å². The molecule has 0 radical (unpaired) electrons. The average molecular weight is 490 g/mol. The Balaban J connectivity index is 1.45. The third-order valence-electron chi connectivity index (χ3n) is 5.60. The van der Waals surface area contributed by atoms with Gasteiger partial charge in [0, 0.05) is 23.1 Å². The molecule has 186 valence electrons. The number of fused-ring (bicyclic) bond motifs is 2. The fourth-order valence-corrected chi connectivity index (χ4v) is 3.98. The van der Waals surface area contributed by atoms with Crippen LogP contribution in [0.2, 0.25) is 0 Å². The summed E-state index contributed by atoms with van der Waals surface area (Å²) in [7, 11) is 0. The SMILES string of the molecule is CCCc1c(OCC(C)COc2cccc3c2ccn3CC(=O)O)ccc2c(C(F)(F)F)noc12. The minimum atomic E-state index is -4.60. The molecule has 10 heteroatoms. The molecule has 2 aromatic heterocycles. The van der Waals surface area contributed by atoms with E-state index < -0.39 is 17.8 Å². The lowest BCUT2D eigenvalue weighted by Gasteiger charge is -2.17. The highest BCUT2D eigenvalue weighted by atomic mass is 19.4. The highest BCUT2D eigenvalue weighted by Crippen LogP contribution is 2.38. The van der Waals surface area contributed by atoms with Gasteiger partial charge < -0.3 is 23.7 Å². The Kier molecular flexibility index (Phi) is 6.90. The first-order valence-corrected chi connectivity index (χ1v) is 11.2. The monoisotopic (exact) mass is 490 g/mol. The van der Waals surface area contributed by atoms with Crippen molar-refractivity contribution < 1.29 is 37.1 Å². The van der Waals surface area contributed by atoms with Gasteiger partial charge in [0.1, 0.15) is 18.0 Å². The summed E-state index contributed by atoms with van der Waals surface area (Å²) in [4.78, 5) is 11.1. The van der Waals surface area contributed by atoms with Gasteiger partial charge in [0.05, 0.1) is 24.1 Å². The largest absolute Gasteiger partial charge is 0.493 e. The number of carbonyl (C=O) groups is 1. The molecule has 2 aromatic carbocycles. The third kappa shape index (κ3) is 5.21. The van der Waals surface area contributed by atoms with Crippen LogP contribution < -0.4 is 9.47 Å². The predicted molar refractivity (Wildman–Crippen MR) is 123 cm³/mol. The molecule has 0 amide bonds. The van der Waals surface area contributed by atoms with Crippen molar-refractivity contribution in [1.29, 1.82) is 0 Å². The first-order chi connectivity index (χ1) is 16.7. The number of aliphatic carboxylic acids is 1. The number of benzene rings is 2. The summed E-state index contributed by atoms with van der Waals surface area (Å²) >= 11 is 0. The summed E-state index contributed by atoms with van der Waals surface area (Å²) in [6, 6.07) is 10.1. The van der Waals surface area contributed by atoms with Gasteiger partial charge >= 0.3 is 12.1 Å². The van der Waals surface area contributed by atoms with Gasteiger partial charge in [-0.15, -0.1) is 0 Å². The van der Waals surface area contributed by atoms with E-state index in [-0.39, 0.29) is 30.0 Å². The molecule has 0 saturated carbocycles. The number of ether oxygens (including phenoxy) is 2. The van der Waals surface area contributed by atoms with E-state index in [9.17, 15) is 18.0 Å². The molecule has 0 fully saturated rings. The normalized spacial score (nSPS) is 12.8. The van der Waals surface area contributed by atoms with Gasteiger partial charge in [-0.05, 0) is 36.8 Å². The van der Waals surface area contributed by atoms with Crippen LogP contribution in [-0.4, -0.2) is 34.0 Å². The highest BCUT2D eigenvalue weighted by molar-refractivity contribution is 5.87. The second kappa shape index (κ2) is 9.89. The third-order valence-corrected chi connectivity index (χ3v) is 5.60. The Labute approximate surface area is 199 Å². The lowest BCUT2D eigenvalue weighted by molar-refractivity contribution is -0.141.